The molecule has 0 spiro atoms. The first kappa shape index (κ1) is 22.4. The molecule has 0 saturated carbocycles. The van der Waals surface area contributed by atoms with Crippen LogP contribution in [0, 0.1) is 5.92 Å². The minimum Gasteiger partial charge on any atom is -0.481 e. The summed E-state index contributed by atoms with van der Waals surface area (Å²) in [5.74, 6) is -1.77. The van der Waals surface area contributed by atoms with Gasteiger partial charge in [-0.2, -0.15) is 0 Å². The van der Waals surface area contributed by atoms with Gasteiger partial charge in [0.15, 0.2) is 6.10 Å². The van der Waals surface area contributed by atoms with E-state index in [0.717, 1.165) is 22.3 Å². The summed E-state index contributed by atoms with van der Waals surface area (Å²) in [6.07, 6.45) is 0.285. The summed E-state index contributed by atoms with van der Waals surface area (Å²) in [6, 6.07) is 15.7. The van der Waals surface area contributed by atoms with Gasteiger partial charge in [0, 0.05) is 25.6 Å². The van der Waals surface area contributed by atoms with E-state index in [4.69, 9.17) is 9.47 Å². The van der Waals surface area contributed by atoms with Gasteiger partial charge >= 0.3 is 12.1 Å². The predicted molar refractivity (Wildman–Crippen MR) is 123 cm³/mol. The highest BCUT2D eigenvalue weighted by Crippen LogP contribution is 2.44. The van der Waals surface area contributed by atoms with Crippen molar-refractivity contribution in [3.8, 4) is 11.1 Å². The first-order chi connectivity index (χ1) is 16.5. The van der Waals surface area contributed by atoms with Crippen LogP contribution in [0.25, 0.3) is 11.1 Å². The molecule has 0 aromatic heterocycles. The zero-order valence-electron chi connectivity index (χ0n) is 18.8. The second-order valence-corrected chi connectivity index (χ2v) is 9.12. The van der Waals surface area contributed by atoms with E-state index in [-0.39, 0.29) is 25.0 Å². The molecule has 2 aromatic carbocycles. The van der Waals surface area contributed by atoms with Gasteiger partial charge in [0.1, 0.15) is 6.61 Å². The Labute approximate surface area is 197 Å². The van der Waals surface area contributed by atoms with Crippen molar-refractivity contribution in [2.24, 2.45) is 5.92 Å². The molecule has 2 amide bonds. The van der Waals surface area contributed by atoms with Crippen LogP contribution >= 0.6 is 0 Å². The summed E-state index contributed by atoms with van der Waals surface area (Å²) in [5, 5.41) is 12.1. The van der Waals surface area contributed by atoms with Crippen LogP contribution in [0.15, 0.2) is 48.5 Å². The molecule has 2 fully saturated rings. The van der Waals surface area contributed by atoms with Crippen LogP contribution in [-0.4, -0.2) is 66.4 Å². The normalized spacial score (nSPS) is 23.8. The fourth-order valence-electron chi connectivity index (χ4n) is 5.33. The molecule has 0 radical (unpaired) electrons. The standard InChI is InChI=1S/C26H28N2O6/c29-24(28-12-5-6-16(14-28)25(30)31)23-22(11-13-33-23)27-26(32)34-15-21-19-9-3-1-7-17(19)18-8-2-4-10-20(18)21/h1-4,7-10,16,21-23H,5-6,11-15H2,(H,27,32)(H,30,31)/t16-,22+,23-/m1/s1. The van der Waals surface area contributed by atoms with Crippen molar-refractivity contribution in [2.75, 3.05) is 26.3 Å². The molecule has 2 aliphatic heterocycles. The van der Waals surface area contributed by atoms with Crippen molar-refractivity contribution < 1.29 is 29.0 Å². The Morgan fingerprint density at radius 1 is 1.03 bits per heavy atom. The second kappa shape index (κ2) is 9.46. The van der Waals surface area contributed by atoms with Gasteiger partial charge in [-0.25, -0.2) is 4.79 Å². The molecular formula is C26H28N2O6. The number of hydrogen-bond acceptors (Lipinski definition) is 5. The van der Waals surface area contributed by atoms with Crippen LogP contribution in [0.4, 0.5) is 4.79 Å². The molecule has 5 rings (SSSR count). The number of carbonyl (C=O) groups excluding carboxylic acids is 2. The number of alkyl carbamates (subject to hydrolysis) is 1. The summed E-state index contributed by atoms with van der Waals surface area (Å²) in [4.78, 5) is 38.6. The highest BCUT2D eigenvalue weighted by molar-refractivity contribution is 5.84. The van der Waals surface area contributed by atoms with E-state index in [1.165, 1.54) is 0 Å². The van der Waals surface area contributed by atoms with E-state index in [1.807, 2.05) is 24.3 Å². The van der Waals surface area contributed by atoms with Gasteiger partial charge in [-0.1, -0.05) is 48.5 Å². The topological polar surface area (TPSA) is 105 Å². The van der Waals surface area contributed by atoms with E-state index < -0.39 is 30.1 Å². The van der Waals surface area contributed by atoms with Crippen LogP contribution < -0.4 is 5.32 Å². The number of rotatable bonds is 5. The minimum absolute atomic E-state index is 0.0447. The van der Waals surface area contributed by atoms with Crippen molar-refractivity contribution in [2.45, 2.75) is 37.3 Å². The number of ether oxygens (including phenoxy) is 2. The van der Waals surface area contributed by atoms with Crippen molar-refractivity contribution in [1.29, 1.82) is 0 Å². The number of amides is 2. The molecule has 0 bridgehead atoms. The van der Waals surface area contributed by atoms with Gasteiger partial charge < -0.3 is 24.8 Å². The molecule has 8 nitrogen and oxygen atoms in total. The van der Waals surface area contributed by atoms with Gasteiger partial charge in [0.2, 0.25) is 0 Å². The third-order valence-electron chi connectivity index (χ3n) is 7.06. The molecule has 8 heteroatoms. The maximum atomic E-state index is 13.0. The summed E-state index contributed by atoms with van der Waals surface area (Å²) in [7, 11) is 0. The first-order valence-electron chi connectivity index (χ1n) is 11.8. The van der Waals surface area contributed by atoms with Crippen molar-refractivity contribution >= 4 is 18.0 Å². The number of benzene rings is 2. The highest BCUT2D eigenvalue weighted by atomic mass is 16.6. The third kappa shape index (κ3) is 4.25. The number of likely N-dealkylation sites (tertiary alicyclic amines) is 1. The van der Waals surface area contributed by atoms with Crippen LogP contribution in [-0.2, 0) is 19.1 Å². The number of carboxylic acids is 1. The Morgan fingerprint density at radius 3 is 2.38 bits per heavy atom. The Hall–Kier alpha value is -3.39. The first-order valence-corrected chi connectivity index (χ1v) is 11.8. The molecule has 2 saturated heterocycles. The summed E-state index contributed by atoms with van der Waals surface area (Å²) >= 11 is 0. The van der Waals surface area contributed by atoms with Crippen LogP contribution in [0.1, 0.15) is 36.3 Å². The van der Waals surface area contributed by atoms with E-state index in [1.54, 1.807) is 4.90 Å². The minimum atomic E-state index is -0.891. The fourth-order valence-corrected chi connectivity index (χ4v) is 5.33. The van der Waals surface area contributed by atoms with Crippen LogP contribution in [0.5, 0.6) is 0 Å². The molecule has 3 aliphatic rings. The molecule has 2 N–H and O–H groups in total. The van der Waals surface area contributed by atoms with Crippen molar-refractivity contribution in [3.63, 3.8) is 0 Å². The van der Waals surface area contributed by atoms with E-state index in [2.05, 4.69) is 29.6 Å². The lowest BCUT2D eigenvalue weighted by molar-refractivity contribution is -0.149. The lowest BCUT2D eigenvalue weighted by Gasteiger charge is -2.33. The zero-order chi connectivity index (χ0) is 23.7. The highest BCUT2D eigenvalue weighted by Gasteiger charge is 2.40. The molecule has 1 aliphatic carbocycles. The Kier molecular flexibility index (Phi) is 6.24. The van der Waals surface area contributed by atoms with Gasteiger partial charge in [-0.3, -0.25) is 9.59 Å². The van der Waals surface area contributed by atoms with Gasteiger partial charge in [0.25, 0.3) is 5.91 Å². The van der Waals surface area contributed by atoms with Gasteiger partial charge in [0.05, 0.1) is 12.0 Å². The SMILES string of the molecule is O=C(N[C@H]1CCO[C@H]1C(=O)N1CCC[C@@H](C(=O)O)C1)OCC1c2ccccc2-c2ccccc21. The summed E-state index contributed by atoms with van der Waals surface area (Å²) in [5.41, 5.74) is 4.57. The Morgan fingerprint density at radius 2 is 1.71 bits per heavy atom. The lowest BCUT2D eigenvalue weighted by atomic mass is 9.97. The Bertz CT molecular complexity index is 1060. The largest absolute Gasteiger partial charge is 0.481 e. The van der Waals surface area contributed by atoms with Gasteiger partial charge in [-0.15, -0.1) is 0 Å². The van der Waals surface area contributed by atoms with E-state index in [0.29, 0.717) is 32.4 Å². The molecular weight excluding hydrogens is 436 g/mol. The molecule has 2 aromatic rings. The summed E-state index contributed by atoms with van der Waals surface area (Å²) in [6.45, 7) is 1.21. The van der Waals surface area contributed by atoms with Crippen molar-refractivity contribution in [3.05, 3.63) is 59.7 Å². The molecule has 178 valence electrons. The van der Waals surface area contributed by atoms with Gasteiger partial charge in [-0.05, 0) is 41.5 Å². The third-order valence-corrected chi connectivity index (χ3v) is 7.06. The average Bonchev–Trinajstić information content (AvgIpc) is 3.44. The summed E-state index contributed by atoms with van der Waals surface area (Å²) < 4.78 is 11.3. The molecule has 34 heavy (non-hydrogen) atoms. The number of fused-ring (bicyclic) bond motifs is 3. The fraction of sp³-hybridized carbons (Fsp3) is 0.423. The quantitative estimate of drug-likeness (QED) is 0.705. The Balaban J connectivity index is 1.20. The zero-order valence-corrected chi connectivity index (χ0v) is 18.8. The van der Waals surface area contributed by atoms with E-state index in [9.17, 15) is 19.5 Å². The number of nitrogens with zero attached hydrogens (tertiary/aromatic N) is 1. The molecule has 2 heterocycles. The van der Waals surface area contributed by atoms with Crippen LogP contribution in [0.2, 0.25) is 0 Å². The smallest absolute Gasteiger partial charge is 0.407 e. The average molecular weight is 465 g/mol. The molecule has 0 unspecified atom stereocenters. The number of hydrogen-bond donors (Lipinski definition) is 2. The van der Waals surface area contributed by atoms with Crippen molar-refractivity contribution in [1.82, 2.24) is 10.2 Å². The monoisotopic (exact) mass is 464 g/mol. The molecule has 3 atom stereocenters. The lowest BCUT2D eigenvalue weighted by Crippen LogP contribution is -2.52. The number of nitrogens with one attached hydrogen (secondary N) is 1. The number of carbonyl (C=O) groups is 3. The number of piperidine rings is 1. The van der Waals surface area contributed by atoms with Crippen LogP contribution in [0.3, 0.4) is 0 Å². The van der Waals surface area contributed by atoms with E-state index >= 15 is 0 Å². The number of carboxylic acid groups (broad SMARTS) is 1. The maximum Gasteiger partial charge on any atom is 0.407 e. The second-order valence-electron chi connectivity index (χ2n) is 9.12. The predicted octanol–water partition coefficient (Wildman–Crippen LogP) is 3.01. The number of aliphatic carboxylic acids is 1. The maximum absolute atomic E-state index is 13.0.